The minimum Gasteiger partial charge on any atom is -0.467 e. The Kier molecular flexibility index (Phi) is 3.13. The van der Waals surface area contributed by atoms with Crippen molar-refractivity contribution in [2.45, 2.75) is 13.0 Å². The second-order valence-electron chi connectivity index (χ2n) is 4.38. The number of fused-ring (bicyclic) bond motifs is 1. The van der Waals surface area contributed by atoms with Crippen molar-refractivity contribution in [1.82, 2.24) is 4.98 Å². The van der Waals surface area contributed by atoms with Crippen molar-refractivity contribution in [3.63, 3.8) is 0 Å². The van der Waals surface area contributed by atoms with Gasteiger partial charge in [0.05, 0.1) is 22.8 Å². The second kappa shape index (κ2) is 4.94. The fourth-order valence-corrected chi connectivity index (χ4v) is 2.32. The van der Waals surface area contributed by atoms with E-state index >= 15 is 0 Å². The Morgan fingerprint density at radius 1 is 1.21 bits per heavy atom. The van der Waals surface area contributed by atoms with E-state index in [1.807, 2.05) is 36.4 Å². The highest BCUT2D eigenvalue weighted by Gasteiger charge is 2.11. The molecule has 0 radical (unpaired) electrons. The minimum absolute atomic E-state index is 0.0829. The van der Waals surface area contributed by atoms with Gasteiger partial charge in [-0.25, -0.2) is 0 Å². The van der Waals surface area contributed by atoms with Crippen LogP contribution in [0.4, 0.5) is 5.69 Å². The van der Waals surface area contributed by atoms with Gasteiger partial charge < -0.3 is 9.73 Å². The first-order valence-corrected chi connectivity index (χ1v) is 6.46. The first-order chi connectivity index (χ1) is 9.25. The van der Waals surface area contributed by atoms with E-state index in [0.717, 1.165) is 22.4 Å². The summed E-state index contributed by atoms with van der Waals surface area (Å²) in [5.74, 6) is 0.895. The van der Waals surface area contributed by atoms with Crippen LogP contribution in [0.15, 0.2) is 53.3 Å². The number of rotatable bonds is 3. The summed E-state index contributed by atoms with van der Waals surface area (Å²) in [4.78, 5) is 4.32. The average molecular weight is 273 g/mol. The maximum Gasteiger partial charge on any atom is 0.125 e. The standard InChI is InChI=1S/C15H13ClN2O/c1-10(14-5-3-9-19-14)18-13-7-6-12(16)15-11(13)4-2-8-17-15/h2-10,18H,1H3. The van der Waals surface area contributed by atoms with E-state index in [0.29, 0.717) is 5.02 Å². The molecule has 3 rings (SSSR count). The number of hydrogen-bond donors (Lipinski definition) is 1. The quantitative estimate of drug-likeness (QED) is 0.754. The summed E-state index contributed by atoms with van der Waals surface area (Å²) >= 11 is 6.16. The fraction of sp³-hybridized carbons (Fsp3) is 0.133. The van der Waals surface area contributed by atoms with Gasteiger partial charge >= 0.3 is 0 Å². The van der Waals surface area contributed by atoms with E-state index in [4.69, 9.17) is 16.0 Å². The van der Waals surface area contributed by atoms with E-state index in [1.165, 1.54) is 0 Å². The van der Waals surface area contributed by atoms with E-state index in [1.54, 1.807) is 12.5 Å². The first-order valence-electron chi connectivity index (χ1n) is 6.09. The van der Waals surface area contributed by atoms with Crippen LogP contribution in [0.5, 0.6) is 0 Å². The van der Waals surface area contributed by atoms with Crippen LogP contribution in [0, 0.1) is 0 Å². The van der Waals surface area contributed by atoms with Gasteiger partial charge in [0, 0.05) is 17.3 Å². The number of aromatic nitrogens is 1. The highest BCUT2D eigenvalue weighted by molar-refractivity contribution is 6.35. The van der Waals surface area contributed by atoms with Crippen molar-refractivity contribution in [3.8, 4) is 0 Å². The van der Waals surface area contributed by atoms with Crippen molar-refractivity contribution in [2.75, 3.05) is 5.32 Å². The molecule has 3 aromatic rings. The van der Waals surface area contributed by atoms with Crippen molar-refractivity contribution in [1.29, 1.82) is 0 Å². The number of hydrogen-bond acceptors (Lipinski definition) is 3. The summed E-state index contributed by atoms with van der Waals surface area (Å²) in [7, 11) is 0. The van der Waals surface area contributed by atoms with Crippen LogP contribution in [0.3, 0.4) is 0 Å². The predicted molar refractivity (Wildman–Crippen MR) is 77.5 cm³/mol. The lowest BCUT2D eigenvalue weighted by Gasteiger charge is -2.15. The molecule has 1 N–H and O–H groups in total. The zero-order chi connectivity index (χ0) is 13.2. The summed E-state index contributed by atoms with van der Waals surface area (Å²) in [6.45, 7) is 2.05. The van der Waals surface area contributed by atoms with Gasteiger partial charge in [0.25, 0.3) is 0 Å². The molecule has 1 atom stereocenters. The molecule has 0 fully saturated rings. The van der Waals surface area contributed by atoms with Crippen molar-refractivity contribution in [3.05, 3.63) is 59.6 Å². The molecule has 1 unspecified atom stereocenters. The lowest BCUT2D eigenvalue weighted by atomic mass is 10.1. The molecule has 1 aromatic carbocycles. The van der Waals surface area contributed by atoms with Gasteiger partial charge in [-0.2, -0.15) is 0 Å². The highest BCUT2D eigenvalue weighted by Crippen LogP contribution is 2.30. The molecule has 2 aromatic heterocycles. The van der Waals surface area contributed by atoms with E-state index in [2.05, 4.69) is 17.2 Å². The molecule has 3 nitrogen and oxygen atoms in total. The Hall–Kier alpha value is -2.00. The van der Waals surface area contributed by atoms with Gasteiger partial charge in [-0.15, -0.1) is 0 Å². The van der Waals surface area contributed by atoms with Crippen LogP contribution >= 0.6 is 11.6 Å². The third-order valence-electron chi connectivity index (χ3n) is 3.06. The number of anilines is 1. The van der Waals surface area contributed by atoms with Crippen LogP contribution in [0.1, 0.15) is 18.7 Å². The summed E-state index contributed by atoms with van der Waals surface area (Å²) in [6, 6.07) is 11.6. The first kappa shape index (κ1) is 12.1. The monoisotopic (exact) mass is 272 g/mol. The van der Waals surface area contributed by atoms with Gasteiger partial charge in [-0.05, 0) is 43.3 Å². The molecule has 0 saturated heterocycles. The average Bonchev–Trinajstić information content (AvgIpc) is 2.96. The van der Waals surface area contributed by atoms with Crippen LogP contribution in [0.2, 0.25) is 5.02 Å². The van der Waals surface area contributed by atoms with E-state index in [-0.39, 0.29) is 6.04 Å². The molecule has 0 bridgehead atoms. The van der Waals surface area contributed by atoms with Crippen molar-refractivity contribution < 1.29 is 4.42 Å². The van der Waals surface area contributed by atoms with Crippen molar-refractivity contribution >= 4 is 28.2 Å². The summed E-state index contributed by atoms with van der Waals surface area (Å²) < 4.78 is 5.40. The molecule has 0 aliphatic heterocycles. The topological polar surface area (TPSA) is 38.1 Å². The fourth-order valence-electron chi connectivity index (χ4n) is 2.11. The van der Waals surface area contributed by atoms with Crippen LogP contribution in [0.25, 0.3) is 10.9 Å². The lowest BCUT2D eigenvalue weighted by Crippen LogP contribution is -2.06. The number of nitrogens with one attached hydrogen (secondary N) is 1. The number of pyridine rings is 1. The Morgan fingerprint density at radius 3 is 2.89 bits per heavy atom. The molecular weight excluding hydrogens is 260 g/mol. The smallest absolute Gasteiger partial charge is 0.125 e. The maximum absolute atomic E-state index is 6.16. The van der Waals surface area contributed by atoms with E-state index < -0.39 is 0 Å². The van der Waals surface area contributed by atoms with Crippen LogP contribution in [-0.4, -0.2) is 4.98 Å². The Balaban J connectivity index is 2.00. The van der Waals surface area contributed by atoms with Gasteiger partial charge in [0.2, 0.25) is 0 Å². The van der Waals surface area contributed by atoms with Crippen LogP contribution in [-0.2, 0) is 0 Å². The molecule has 0 aliphatic rings. The third kappa shape index (κ3) is 2.29. The summed E-state index contributed by atoms with van der Waals surface area (Å²) in [5, 5.41) is 5.09. The lowest BCUT2D eigenvalue weighted by molar-refractivity contribution is 0.491. The normalized spacial score (nSPS) is 12.5. The second-order valence-corrected chi connectivity index (χ2v) is 4.78. The molecule has 96 valence electrons. The number of nitrogens with zero attached hydrogens (tertiary/aromatic N) is 1. The number of furan rings is 1. The summed E-state index contributed by atoms with van der Waals surface area (Å²) in [5.41, 5.74) is 1.80. The van der Waals surface area contributed by atoms with Gasteiger partial charge in [-0.3, -0.25) is 4.98 Å². The van der Waals surface area contributed by atoms with Gasteiger partial charge in [0.15, 0.2) is 0 Å². The summed E-state index contributed by atoms with van der Waals surface area (Å²) in [6.07, 6.45) is 3.42. The molecular formula is C15H13ClN2O. The maximum atomic E-state index is 6.16. The molecule has 19 heavy (non-hydrogen) atoms. The molecule has 0 aliphatic carbocycles. The van der Waals surface area contributed by atoms with Crippen molar-refractivity contribution in [2.24, 2.45) is 0 Å². The number of benzene rings is 1. The minimum atomic E-state index is 0.0829. The highest BCUT2D eigenvalue weighted by atomic mass is 35.5. The molecule has 0 spiro atoms. The number of halogens is 1. The zero-order valence-corrected chi connectivity index (χ0v) is 11.2. The third-order valence-corrected chi connectivity index (χ3v) is 3.37. The zero-order valence-electron chi connectivity index (χ0n) is 10.4. The Bertz CT molecular complexity index is 694. The molecule has 4 heteroatoms. The van der Waals surface area contributed by atoms with E-state index in [9.17, 15) is 0 Å². The molecule has 0 amide bonds. The Labute approximate surface area is 116 Å². The Morgan fingerprint density at radius 2 is 2.11 bits per heavy atom. The molecule has 2 heterocycles. The molecule has 0 saturated carbocycles. The SMILES string of the molecule is CC(Nc1ccc(Cl)c2ncccc12)c1ccco1. The predicted octanol–water partition coefficient (Wildman–Crippen LogP) is 4.65. The van der Waals surface area contributed by atoms with Gasteiger partial charge in [-0.1, -0.05) is 11.6 Å². The van der Waals surface area contributed by atoms with Gasteiger partial charge in [0.1, 0.15) is 5.76 Å². The largest absolute Gasteiger partial charge is 0.467 e. The van der Waals surface area contributed by atoms with Crippen LogP contribution < -0.4 is 5.32 Å².